The van der Waals surface area contributed by atoms with Gasteiger partial charge in [-0.1, -0.05) is 13.8 Å². The van der Waals surface area contributed by atoms with Crippen LogP contribution < -0.4 is 0 Å². The maximum atomic E-state index is 5.40. The van der Waals surface area contributed by atoms with E-state index in [9.17, 15) is 0 Å². The van der Waals surface area contributed by atoms with E-state index in [2.05, 4.69) is 24.9 Å². The van der Waals surface area contributed by atoms with Gasteiger partial charge in [-0.25, -0.2) is 4.98 Å². The molecule has 0 N–H and O–H groups in total. The Kier molecular flexibility index (Phi) is 1.83. The maximum Gasteiger partial charge on any atom is 0.155 e. The Balaban J connectivity index is 2.77. The standard InChI is InChI=1S/C11H13NO/c1-7(2)9-6-8(3)12-10-4-5-13-11(9)10/h4-7H,1-3H3. The Morgan fingerprint density at radius 3 is 2.85 bits per heavy atom. The predicted octanol–water partition coefficient (Wildman–Crippen LogP) is 3.26. The highest BCUT2D eigenvalue weighted by Crippen LogP contribution is 2.25. The summed E-state index contributed by atoms with van der Waals surface area (Å²) in [7, 11) is 0. The average molecular weight is 175 g/mol. The van der Waals surface area contributed by atoms with E-state index < -0.39 is 0 Å². The minimum Gasteiger partial charge on any atom is -0.462 e. The van der Waals surface area contributed by atoms with Crippen LogP contribution >= 0.6 is 0 Å². The highest BCUT2D eigenvalue weighted by atomic mass is 16.3. The highest BCUT2D eigenvalue weighted by Gasteiger charge is 2.09. The molecule has 0 aliphatic heterocycles. The van der Waals surface area contributed by atoms with E-state index in [0.29, 0.717) is 5.92 Å². The second-order valence-electron chi connectivity index (χ2n) is 3.64. The van der Waals surface area contributed by atoms with Gasteiger partial charge in [0.25, 0.3) is 0 Å². The van der Waals surface area contributed by atoms with Crippen LogP contribution in [0.5, 0.6) is 0 Å². The highest BCUT2D eigenvalue weighted by molar-refractivity contribution is 5.76. The van der Waals surface area contributed by atoms with Crippen LogP contribution in [0.2, 0.25) is 0 Å². The zero-order valence-corrected chi connectivity index (χ0v) is 8.16. The average Bonchev–Trinajstić information content (AvgIpc) is 2.49. The molecule has 0 aromatic carbocycles. The third-order valence-corrected chi connectivity index (χ3v) is 2.19. The first-order valence-corrected chi connectivity index (χ1v) is 4.53. The van der Waals surface area contributed by atoms with Crippen LogP contribution in [-0.4, -0.2) is 4.98 Å². The number of hydrogen-bond donors (Lipinski definition) is 0. The number of rotatable bonds is 1. The number of nitrogens with zero attached hydrogens (tertiary/aromatic N) is 1. The van der Waals surface area contributed by atoms with Crippen molar-refractivity contribution in [1.82, 2.24) is 4.98 Å². The lowest BCUT2D eigenvalue weighted by Gasteiger charge is -2.06. The number of pyridine rings is 1. The summed E-state index contributed by atoms with van der Waals surface area (Å²) in [6, 6.07) is 4.00. The molecule has 2 heteroatoms. The van der Waals surface area contributed by atoms with Gasteiger partial charge in [0.2, 0.25) is 0 Å². The van der Waals surface area contributed by atoms with Gasteiger partial charge in [0, 0.05) is 17.3 Å². The first-order chi connectivity index (χ1) is 6.18. The molecule has 2 heterocycles. The number of aryl methyl sites for hydroxylation is 1. The zero-order chi connectivity index (χ0) is 9.42. The second-order valence-corrected chi connectivity index (χ2v) is 3.64. The lowest BCUT2D eigenvalue weighted by atomic mass is 10.0. The number of hydrogen-bond acceptors (Lipinski definition) is 2. The van der Waals surface area contributed by atoms with E-state index in [1.165, 1.54) is 5.56 Å². The molecule has 0 bridgehead atoms. The molecule has 0 unspecified atom stereocenters. The molecule has 13 heavy (non-hydrogen) atoms. The Labute approximate surface area is 77.6 Å². The van der Waals surface area contributed by atoms with Crippen LogP contribution in [0.3, 0.4) is 0 Å². The first kappa shape index (κ1) is 8.30. The molecular formula is C11H13NO. The molecule has 0 amide bonds. The normalized spacial score (nSPS) is 11.4. The summed E-state index contributed by atoms with van der Waals surface area (Å²) in [4.78, 5) is 4.38. The van der Waals surface area contributed by atoms with E-state index in [1.807, 2.05) is 13.0 Å². The summed E-state index contributed by atoms with van der Waals surface area (Å²) in [5, 5.41) is 0. The van der Waals surface area contributed by atoms with Crippen LogP contribution in [0.1, 0.15) is 31.0 Å². The first-order valence-electron chi connectivity index (χ1n) is 4.53. The van der Waals surface area contributed by atoms with Crippen molar-refractivity contribution in [1.29, 1.82) is 0 Å². The smallest absolute Gasteiger partial charge is 0.155 e. The Morgan fingerprint density at radius 2 is 2.15 bits per heavy atom. The largest absolute Gasteiger partial charge is 0.462 e. The fourth-order valence-corrected chi connectivity index (χ4v) is 1.55. The molecule has 0 atom stereocenters. The van der Waals surface area contributed by atoms with Crippen molar-refractivity contribution in [2.75, 3.05) is 0 Å². The van der Waals surface area contributed by atoms with Crippen molar-refractivity contribution in [2.24, 2.45) is 0 Å². The van der Waals surface area contributed by atoms with Crippen molar-refractivity contribution >= 4 is 11.1 Å². The minimum absolute atomic E-state index is 0.482. The van der Waals surface area contributed by atoms with Gasteiger partial charge in [-0.05, 0) is 18.9 Å². The summed E-state index contributed by atoms with van der Waals surface area (Å²) >= 11 is 0. The zero-order valence-electron chi connectivity index (χ0n) is 8.16. The summed E-state index contributed by atoms with van der Waals surface area (Å²) in [6.45, 7) is 6.34. The van der Waals surface area contributed by atoms with Gasteiger partial charge >= 0.3 is 0 Å². The number of fused-ring (bicyclic) bond motifs is 1. The second kappa shape index (κ2) is 2.87. The Morgan fingerprint density at radius 1 is 1.38 bits per heavy atom. The van der Waals surface area contributed by atoms with E-state index >= 15 is 0 Å². The third kappa shape index (κ3) is 1.32. The summed E-state index contributed by atoms with van der Waals surface area (Å²) in [5.74, 6) is 0.482. The van der Waals surface area contributed by atoms with Gasteiger partial charge in [-0.2, -0.15) is 0 Å². The van der Waals surface area contributed by atoms with Gasteiger partial charge in [0.15, 0.2) is 5.58 Å². The fraction of sp³-hybridized carbons (Fsp3) is 0.364. The Hall–Kier alpha value is -1.31. The van der Waals surface area contributed by atoms with E-state index in [-0.39, 0.29) is 0 Å². The minimum atomic E-state index is 0.482. The molecule has 0 saturated heterocycles. The van der Waals surface area contributed by atoms with Crippen LogP contribution in [0.25, 0.3) is 11.1 Å². The summed E-state index contributed by atoms with van der Waals surface area (Å²) < 4.78 is 5.40. The van der Waals surface area contributed by atoms with Crippen LogP contribution in [0, 0.1) is 6.92 Å². The SMILES string of the molecule is Cc1cc(C(C)C)c2occc2n1. The molecule has 0 radical (unpaired) electrons. The molecule has 2 rings (SSSR count). The predicted molar refractivity (Wildman–Crippen MR) is 52.8 cm³/mol. The summed E-state index contributed by atoms with van der Waals surface area (Å²) in [6.07, 6.45) is 1.70. The molecule has 0 saturated carbocycles. The van der Waals surface area contributed by atoms with Gasteiger partial charge < -0.3 is 4.42 Å². The molecule has 0 fully saturated rings. The van der Waals surface area contributed by atoms with Crippen LogP contribution in [0.4, 0.5) is 0 Å². The molecule has 2 aromatic rings. The van der Waals surface area contributed by atoms with Crippen molar-refractivity contribution in [3.8, 4) is 0 Å². The van der Waals surface area contributed by atoms with E-state index in [0.717, 1.165) is 16.8 Å². The molecule has 0 aliphatic carbocycles. The lowest BCUT2D eigenvalue weighted by Crippen LogP contribution is -1.91. The fourth-order valence-electron chi connectivity index (χ4n) is 1.55. The van der Waals surface area contributed by atoms with E-state index in [4.69, 9.17) is 4.42 Å². The van der Waals surface area contributed by atoms with Crippen LogP contribution in [-0.2, 0) is 0 Å². The molecule has 2 nitrogen and oxygen atoms in total. The molecule has 68 valence electrons. The molecular weight excluding hydrogens is 162 g/mol. The lowest BCUT2D eigenvalue weighted by molar-refractivity contribution is 0.606. The monoisotopic (exact) mass is 175 g/mol. The van der Waals surface area contributed by atoms with Crippen LogP contribution in [0.15, 0.2) is 22.8 Å². The molecule has 2 aromatic heterocycles. The van der Waals surface area contributed by atoms with Gasteiger partial charge in [0.1, 0.15) is 5.52 Å². The summed E-state index contributed by atoms with van der Waals surface area (Å²) in [5.41, 5.74) is 4.19. The van der Waals surface area contributed by atoms with Gasteiger partial charge in [-0.3, -0.25) is 0 Å². The van der Waals surface area contributed by atoms with Crippen molar-refractivity contribution in [3.63, 3.8) is 0 Å². The van der Waals surface area contributed by atoms with Crippen molar-refractivity contribution in [3.05, 3.63) is 29.7 Å². The topological polar surface area (TPSA) is 26.0 Å². The van der Waals surface area contributed by atoms with Crippen molar-refractivity contribution in [2.45, 2.75) is 26.7 Å². The quantitative estimate of drug-likeness (QED) is 0.664. The Bertz CT molecular complexity index is 429. The maximum absolute atomic E-state index is 5.40. The van der Waals surface area contributed by atoms with Gasteiger partial charge in [0.05, 0.1) is 6.26 Å². The number of furan rings is 1. The van der Waals surface area contributed by atoms with E-state index in [1.54, 1.807) is 6.26 Å². The molecule has 0 spiro atoms. The van der Waals surface area contributed by atoms with Gasteiger partial charge in [-0.15, -0.1) is 0 Å². The van der Waals surface area contributed by atoms with Crippen molar-refractivity contribution < 1.29 is 4.42 Å². The third-order valence-electron chi connectivity index (χ3n) is 2.19. The molecule has 0 aliphatic rings. The number of aromatic nitrogens is 1.